The van der Waals surface area contributed by atoms with Crippen LogP contribution in [0.4, 0.5) is 0 Å². The maximum absolute atomic E-state index is 13.0. The summed E-state index contributed by atoms with van der Waals surface area (Å²) in [6, 6.07) is 17.5. The van der Waals surface area contributed by atoms with Gasteiger partial charge in [-0.15, -0.1) is 0 Å². The summed E-state index contributed by atoms with van der Waals surface area (Å²) in [6.45, 7) is 0. The Hall–Kier alpha value is -2.42. The summed E-state index contributed by atoms with van der Waals surface area (Å²) in [5, 5.41) is 0. The first-order valence-electron chi connectivity index (χ1n) is 7.38. The van der Waals surface area contributed by atoms with Crippen LogP contribution in [0, 0.1) is 5.41 Å². The molecule has 2 aromatic rings. The third-order valence-electron chi connectivity index (χ3n) is 4.37. The highest BCUT2D eigenvalue weighted by Crippen LogP contribution is 2.42. The quantitative estimate of drug-likeness (QED) is 0.813. The first kappa shape index (κ1) is 14.5. The summed E-state index contributed by atoms with van der Waals surface area (Å²) < 4.78 is 4.83. The van der Waals surface area contributed by atoms with Crippen molar-refractivity contribution in [2.24, 2.45) is 5.41 Å². The summed E-state index contributed by atoms with van der Waals surface area (Å²) in [5.41, 5.74) is 2.10. The van der Waals surface area contributed by atoms with Gasteiger partial charge in [-0.3, -0.25) is 9.59 Å². The summed E-state index contributed by atoms with van der Waals surface area (Å²) in [4.78, 5) is 24.9. The zero-order chi connectivity index (χ0) is 15.6. The van der Waals surface area contributed by atoms with Crippen LogP contribution in [0.1, 0.15) is 27.9 Å². The number of benzene rings is 2. The van der Waals surface area contributed by atoms with E-state index in [0.29, 0.717) is 12.8 Å². The summed E-state index contributed by atoms with van der Waals surface area (Å²) in [6.07, 6.45) is 1.26. The fourth-order valence-corrected chi connectivity index (χ4v) is 3.31. The van der Waals surface area contributed by atoms with Crippen molar-refractivity contribution >= 4 is 11.8 Å². The fourth-order valence-electron chi connectivity index (χ4n) is 3.31. The van der Waals surface area contributed by atoms with Crippen molar-refractivity contribution in [3.63, 3.8) is 0 Å². The van der Waals surface area contributed by atoms with E-state index < -0.39 is 5.41 Å². The molecular weight excluding hydrogens is 276 g/mol. The number of carbonyl (C=O) groups excluding carboxylic acids is 2. The molecular formula is C19H18O3. The van der Waals surface area contributed by atoms with E-state index in [9.17, 15) is 9.59 Å². The second-order valence-corrected chi connectivity index (χ2v) is 5.86. The van der Waals surface area contributed by atoms with Gasteiger partial charge < -0.3 is 4.74 Å². The van der Waals surface area contributed by atoms with Crippen molar-refractivity contribution in [3.05, 3.63) is 71.3 Å². The number of methoxy groups -OCH3 is 1. The molecule has 0 aliphatic heterocycles. The number of ketones is 1. The fraction of sp³-hybridized carbons (Fsp3) is 0.263. The molecule has 0 heterocycles. The molecule has 3 rings (SSSR count). The first-order valence-corrected chi connectivity index (χ1v) is 7.38. The van der Waals surface area contributed by atoms with E-state index in [1.165, 1.54) is 7.11 Å². The molecule has 1 atom stereocenters. The Morgan fingerprint density at radius 1 is 1.09 bits per heavy atom. The monoisotopic (exact) mass is 294 g/mol. The van der Waals surface area contributed by atoms with E-state index >= 15 is 0 Å². The molecule has 1 unspecified atom stereocenters. The Labute approximate surface area is 129 Å². The molecule has 0 amide bonds. The molecule has 0 saturated heterocycles. The van der Waals surface area contributed by atoms with Crippen LogP contribution in [-0.2, 0) is 22.4 Å². The van der Waals surface area contributed by atoms with Gasteiger partial charge in [0.2, 0.25) is 0 Å². The third kappa shape index (κ3) is 2.54. The zero-order valence-electron chi connectivity index (χ0n) is 12.5. The van der Waals surface area contributed by atoms with Gasteiger partial charge in [0.05, 0.1) is 18.9 Å². The zero-order valence-corrected chi connectivity index (χ0v) is 12.5. The highest BCUT2D eigenvalue weighted by Gasteiger charge is 2.46. The Bertz CT molecular complexity index is 706. The second kappa shape index (κ2) is 5.76. The number of esters is 1. The molecule has 22 heavy (non-hydrogen) atoms. The van der Waals surface area contributed by atoms with Crippen LogP contribution in [0.5, 0.6) is 0 Å². The van der Waals surface area contributed by atoms with Crippen LogP contribution in [0.25, 0.3) is 0 Å². The van der Waals surface area contributed by atoms with Gasteiger partial charge in [-0.25, -0.2) is 0 Å². The maximum Gasteiger partial charge on any atom is 0.306 e. The highest BCUT2D eigenvalue weighted by molar-refractivity contribution is 6.06. The molecule has 1 aliphatic carbocycles. The molecule has 112 valence electrons. The minimum absolute atomic E-state index is 0.0531. The Balaban J connectivity index is 1.99. The van der Waals surface area contributed by atoms with Gasteiger partial charge in [0.25, 0.3) is 0 Å². The number of rotatable bonds is 4. The van der Waals surface area contributed by atoms with Crippen LogP contribution >= 0.6 is 0 Å². The lowest BCUT2D eigenvalue weighted by atomic mass is 9.75. The number of ether oxygens (including phenoxy) is 1. The molecule has 0 saturated carbocycles. The normalized spacial score (nSPS) is 19.8. The predicted molar refractivity (Wildman–Crippen MR) is 83.7 cm³/mol. The molecule has 0 radical (unpaired) electrons. The van der Waals surface area contributed by atoms with Gasteiger partial charge in [-0.1, -0.05) is 54.6 Å². The van der Waals surface area contributed by atoms with Gasteiger partial charge in [0.15, 0.2) is 5.78 Å². The molecule has 0 N–H and O–H groups in total. The minimum Gasteiger partial charge on any atom is -0.469 e. The molecule has 0 bridgehead atoms. The average molecular weight is 294 g/mol. The molecule has 0 spiro atoms. The van der Waals surface area contributed by atoms with Crippen molar-refractivity contribution in [2.75, 3.05) is 7.11 Å². The van der Waals surface area contributed by atoms with Gasteiger partial charge in [0.1, 0.15) is 0 Å². The molecule has 0 aromatic heterocycles. The maximum atomic E-state index is 13.0. The standard InChI is InChI=1S/C19H18O3/c1-22-17(20)13-19(11-14-7-3-2-4-8-14)12-15-9-5-6-10-16(15)18(19)21/h2-10H,11-13H2,1H3. The Morgan fingerprint density at radius 3 is 2.45 bits per heavy atom. The van der Waals surface area contributed by atoms with E-state index in [2.05, 4.69) is 0 Å². The second-order valence-electron chi connectivity index (χ2n) is 5.86. The third-order valence-corrected chi connectivity index (χ3v) is 4.37. The van der Waals surface area contributed by atoms with E-state index in [1.54, 1.807) is 0 Å². The van der Waals surface area contributed by atoms with Crippen LogP contribution in [0.2, 0.25) is 0 Å². The highest BCUT2D eigenvalue weighted by atomic mass is 16.5. The lowest BCUT2D eigenvalue weighted by Crippen LogP contribution is -2.34. The Kier molecular flexibility index (Phi) is 3.80. The SMILES string of the molecule is COC(=O)CC1(Cc2ccccc2)Cc2ccccc2C1=O. The van der Waals surface area contributed by atoms with Gasteiger partial charge in [-0.05, 0) is 24.0 Å². The van der Waals surface area contributed by atoms with Crippen molar-refractivity contribution < 1.29 is 14.3 Å². The van der Waals surface area contributed by atoms with Crippen molar-refractivity contribution in [3.8, 4) is 0 Å². The van der Waals surface area contributed by atoms with Gasteiger partial charge >= 0.3 is 5.97 Å². The molecule has 3 nitrogen and oxygen atoms in total. The van der Waals surface area contributed by atoms with Gasteiger partial charge in [0, 0.05) is 5.56 Å². The predicted octanol–water partition coefficient (Wildman–Crippen LogP) is 3.22. The van der Waals surface area contributed by atoms with Crippen molar-refractivity contribution in [1.82, 2.24) is 0 Å². The van der Waals surface area contributed by atoms with Crippen LogP contribution < -0.4 is 0 Å². The average Bonchev–Trinajstić information content (AvgIpc) is 2.81. The lowest BCUT2D eigenvalue weighted by Gasteiger charge is -2.26. The molecule has 0 fully saturated rings. The van der Waals surface area contributed by atoms with Crippen LogP contribution in [0.3, 0.4) is 0 Å². The summed E-state index contributed by atoms with van der Waals surface area (Å²) in [5.74, 6) is -0.283. The van der Waals surface area contributed by atoms with Gasteiger partial charge in [-0.2, -0.15) is 0 Å². The summed E-state index contributed by atoms with van der Waals surface area (Å²) >= 11 is 0. The largest absolute Gasteiger partial charge is 0.469 e. The van der Waals surface area contributed by atoms with E-state index in [-0.39, 0.29) is 18.2 Å². The number of hydrogen-bond acceptors (Lipinski definition) is 3. The van der Waals surface area contributed by atoms with Crippen LogP contribution in [-0.4, -0.2) is 18.9 Å². The molecule has 1 aliphatic rings. The lowest BCUT2D eigenvalue weighted by molar-refractivity contribution is -0.142. The van der Waals surface area contributed by atoms with Crippen molar-refractivity contribution in [1.29, 1.82) is 0 Å². The smallest absolute Gasteiger partial charge is 0.306 e. The number of hydrogen-bond donors (Lipinski definition) is 0. The van der Waals surface area contributed by atoms with E-state index in [1.807, 2.05) is 54.6 Å². The molecule has 2 aromatic carbocycles. The summed E-state index contributed by atoms with van der Waals surface area (Å²) in [7, 11) is 1.37. The number of Topliss-reactive ketones (excluding diaryl/α,β-unsaturated/α-hetero) is 1. The van der Waals surface area contributed by atoms with E-state index in [0.717, 1.165) is 16.7 Å². The van der Waals surface area contributed by atoms with E-state index in [4.69, 9.17) is 4.74 Å². The molecule has 3 heteroatoms. The first-order chi connectivity index (χ1) is 10.6. The van der Waals surface area contributed by atoms with Crippen LogP contribution in [0.15, 0.2) is 54.6 Å². The number of fused-ring (bicyclic) bond motifs is 1. The topological polar surface area (TPSA) is 43.4 Å². The number of carbonyl (C=O) groups is 2. The minimum atomic E-state index is -0.724. The van der Waals surface area contributed by atoms with Crippen molar-refractivity contribution in [2.45, 2.75) is 19.3 Å². The Morgan fingerprint density at radius 2 is 1.77 bits per heavy atom.